The number of nitrogens with one attached hydrogen (secondary N) is 1. The van der Waals surface area contributed by atoms with Crippen LogP contribution in [0.5, 0.6) is 0 Å². The molecule has 0 radical (unpaired) electrons. The van der Waals surface area contributed by atoms with E-state index in [0.717, 1.165) is 17.4 Å². The van der Waals surface area contributed by atoms with Crippen LogP contribution in [0.2, 0.25) is 0 Å². The van der Waals surface area contributed by atoms with Gasteiger partial charge in [-0.25, -0.2) is 9.97 Å². The van der Waals surface area contributed by atoms with E-state index in [9.17, 15) is 0 Å². The molecule has 0 aliphatic heterocycles. The van der Waals surface area contributed by atoms with Gasteiger partial charge in [0.2, 0.25) is 0 Å². The Morgan fingerprint density at radius 1 is 1.16 bits per heavy atom. The normalized spacial score (nSPS) is 13.3. The molecule has 4 heteroatoms. The van der Waals surface area contributed by atoms with Crippen LogP contribution in [0.15, 0.2) is 40.5 Å². The Labute approximate surface area is 117 Å². The third-order valence-electron chi connectivity index (χ3n) is 3.29. The quantitative estimate of drug-likeness (QED) is 0.863. The molecule has 1 aliphatic rings. The molecule has 19 heavy (non-hydrogen) atoms. The Morgan fingerprint density at radius 2 is 2.05 bits per heavy atom. The molecule has 0 saturated carbocycles. The molecule has 0 unspecified atom stereocenters. The lowest BCUT2D eigenvalue weighted by atomic mass is 10.1. The fraction of sp³-hybridized carbons (Fsp3) is 0.333. The van der Waals surface area contributed by atoms with Crippen LogP contribution < -0.4 is 5.32 Å². The molecule has 1 aromatic carbocycles. The second kappa shape index (κ2) is 5.61. The summed E-state index contributed by atoms with van der Waals surface area (Å²) in [6, 6.07) is 8.77. The Hall–Kier alpha value is -1.55. The zero-order chi connectivity index (χ0) is 13.1. The summed E-state index contributed by atoms with van der Waals surface area (Å²) in [5, 5.41) is 4.20. The van der Waals surface area contributed by atoms with Crippen molar-refractivity contribution in [3.8, 4) is 0 Å². The number of anilines is 1. The molecule has 1 aromatic heterocycles. The highest BCUT2D eigenvalue weighted by Gasteiger charge is 2.11. The predicted molar refractivity (Wildman–Crippen MR) is 78.8 cm³/mol. The molecule has 0 amide bonds. The van der Waals surface area contributed by atoms with Gasteiger partial charge in [-0.15, -0.1) is 0 Å². The minimum atomic E-state index is 0.875. The van der Waals surface area contributed by atoms with Crippen LogP contribution >= 0.6 is 11.8 Å². The summed E-state index contributed by atoms with van der Waals surface area (Å²) in [6.45, 7) is 2.94. The first kappa shape index (κ1) is 12.5. The standard InChI is InChI=1S/C15H17N3S/c1-2-16-14-9-15(18-10-17-14)19-13-7-6-11-4-3-5-12(11)8-13/h6-10H,2-5H2,1H3,(H,16,17,18). The van der Waals surface area contributed by atoms with E-state index in [2.05, 4.69) is 40.4 Å². The molecule has 3 nitrogen and oxygen atoms in total. The number of hydrogen-bond acceptors (Lipinski definition) is 4. The van der Waals surface area contributed by atoms with Crippen molar-refractivity contribution < 1.29 is 0 Å². The number of benzene rings is 1. The average Bonchev–Trinajstić information content (AvgIpc) is 2.87. The van der Waals surface area contributed by atoms with Crippen molar-refractivity contribution in [1.29, 1.82) is 0 Å². The number of nitrogens with zero attached hydrogens (tertiary/aromatic N) is 2. The molecular weight excluding hydrogens is 254 g/mol. The van der Waals surface area contributed by atoms with Gasteiger partial charge in [-0.3, -0.25) is 0 Å². The summed E-state index contributed by atoms with van der Waals surface area (Å²) >= 11 is 1.70. The molecule has 2 aromatic rings. The van der Waals surface area contributed by atoms with E-state index in [1.165, 1.54) is 35.3 Å². The highest BCUT2D eigenvalue weighted by atomic mass is 32.2. The van der Waals surface area contributed by atoms with Crippen LogP contribution in [0.25, 0.3) is 0 Å². The third kappa shape index (κ3) is 2.89. The number of aromatic nitrogens is 2. The molecule has 0 spiro atoms. The van der Waals surface area contributed by atoms with Crippen LogP contribution in [0.1, 0.15) is 24.5 Å². The number of fused-ring (bicyclic) bond motifs is 1. The molecule has 0 bridgehead atoms. The maximum atomic E-state index is 4.32. The molecule has 0 fully saturated rings. The number of hydrogen-bond donors (Lipinski definition) is 1. The Bertz CT molecular complexity index is 583. The van der Waals surface area contributed by atoms with Gasteiger partial charge in [0.05, 0.1) is 0 Å². The summed E-state index contributed by atoms with van der Waals surface area (Å²) in [4.78, 5) is 9.78. The van der Waals surface area contributed by atoms with Crippen molar-refractivity contribution in [2.75, 3.05) is 11.9 Å². The van der Waals surface area contributed by atoms with Gasteiger partial charge in [0.1, 0.15) is 17.2 Å². The van der Waals surface area contributed by atoms with Gasteiger partial charge in [0.15, 0.2) is 0 Å². The van der Waals surface area contributed by atoms with Crippen LogP contribution in [0, 0.1) is 0 Å². The first-order chi connectivity index (χ1) is 9.35. The van der Waals surface area contributed by atoms with Crippen molar-refractivity contribution in [1.82, 2.24) is 9.97 Å². The maximum Gasteiger partial charge on any atom is 0.130 e. The largest absolute Gasteiger partial charge is 0.370 e. The van der Waals surface area contributed by atoms with E-state index < -0.39 is 0 Å². The van der Waals surface area contributed by atoms with Gasteiger partial charge in [-0.05, 0) is 49.4 Å². The average molecular weight is 271 g/mol. The minimum absolute atomic E-state index is 0.875. The Balaban J connectivity index is 1.79. The summed E-state index contributed by atoms with van der Waals surface area (Å²) in [6.07, 6.45) is 5.36. The second-order valence-corrected chi connectivity index (χ2v) is 5.75. The Kier molecular flexibility index (Phi) is 3.69. The van der Waals surface area contributed by atoms with E-state index in [1.807, 2.05) is 6.07 Å². The zero-order valence-electron chi connectivity index (χ0n) is 11.0. The summed E-state index contributed by atoms with van der Waals surface area (Å²) in [5.41, 5.74) is 3.02. The monoisotopic (exact) mass is 271 g/mol. The number of aryl methyl sites for hydroxylation is 2. The molecule has 1 aliphatic carbocycles. The van der Waals surface area contributed by atoms with Crippen molar-refractivity contribution in [3.05, 3.63) is 41.7 Å². The molecule has 1 N–H and O–H groups in total. The highest BCUT2D eigenvalue weighted by Crippen LogP contribution is 2.31. The van der Waals surface area contributed by atoms with E-state index in [-0.39, 0.29) is 0 Å². The maximum absolute atomic E-state index is 4.32. The van der Waals surface area contributed by atoms with Crippen LogP contribution in [0.3, 0.4) is 0 Å². The van der Waals surface area contributed by atoms with Gasteiger partial charge in [0.25, 0.3) is 0 Å². The fourth-order valence-electron chi connectivity index (χ4n) is 2.41. The van der Waals surface area contributed by atoms with Gasteiger partial charge in [0, 0.05) is 17.5 Å². The highest BCUT2D eigenvalue weighted by molar-refractivity contribution is 7.99. The Morgan fingerprint density at radius 3 is 2.95 bits per heavy atom. The molecule has 0 saturated heterocycles. The zero-order valence-corrected chi connectivity index (χ0v) is 11.8. The van der Waals surface area contributed by atoms with Crippen molar-refractivity contribution in [2.24, 2.45) is 0 Å². The number of rotatable bonds is 4. The van der Waals surface area contributed by atoms with E-state index in [1.54, 1.807) is 18.1 Å². The molecular formula is C15H17N3S. The van der Waals surface area contributed by atoms with Crippen LogP contribution in [0.4, 0.5) is 5.82 Å². The topological polar surface area (TPSA) is 37.8 Å². The van der Waals surface area contributed by atoms with Gasteiger partial charge >= 0.3 is 0 Å². The lowest BCUT2D eigenvalue weighted by Crippen LogP contribution is -1.99. The summed E-state index contributed by atoms with van der Waals surface area (Å²) in [7, 11) is 0. The first-order valence-electron chi connectivity index (χ1n) is 6.71. The summed E-state index contributed by atoms with van der Waals surface area (Å²) in [5.74, 6) is 0.890. The molecule has 1 heterocycles. The second-order valence-electron chi connectivity index (χ2n) is 4.66. The lowest BCUT2D eigenvalue weighted by molar-refractivity contribution is 0.911. The molecule has 3 rings (SSSR count). The van der Waals surface area contributed by atoms with E-state index in [0.29, 0.717) is 0 Å². The van der Waals surface area contributed by atoms with Gasteiger partial charge in [-0.1, -0.05) is 17.8 Å². The SMILES string of the molecule is CCNc1cc(Sc2ccc3c(c2)CCC3)ncn1. The van der Waals surface area contributed by atoms with Crippen molar-refractivity contribution in [2.45, 2.75) is 36.1 Å². The van der Waals surface area contributed by atoms with Crippen molar-refractivity contribution in [3.63, 3.8) is 0 Å². The molecule has 0 atom stereocenters. The van der Waals surface area contributed by atoms with Crippen molar-refractivity contribution >= 4 is 17.6 Å². The predicted octanol–water partition coefficient (Wildman–Crippen LogP) is 3.55. The van der Waals surface area contributed by atoms with E-state index >= 15 is 0 Å². The van der Waals surface area contributed by atoms with Crippen LogP contribution in [-0.4, -0.2) is 16.5 Å². The smallest absolute Gasteiger partial charge is 0.130 e. The molecule has 98 valence electrons. The fourth-order valence-corrected chi connectivity index (χ4v) is 3.25. The minimum Gasteiger partial charge on any atom is -0.370 e. The first-order valence-corrected chi connectivity index (χ1v) is 7.52. The summed E-state index contributed by atoms with van der Waals surface area (Å²) < 4.78 is 0. The van der Waals surface area contributed by atoms with Gasteiger partial charge in [-0.2, -0.15) is 0 Å². The van der Waals surface area contributed by atoms with Gasteiger partial charge < -0.3 is 5.32 Å². The van der Waals surface area contributed by atoms with E-state index in [4.69, 9.17) is 0 Å². The van der Waals surface area contributed by atoms with Crippen LogP contribution in [-0.2, 0) is 12.8 Å². The third-order valence-corrected chi connectivity index (χ3v) is 4.21. The lowest BCUT2D eigenvalue weighted by Gasteiger charge is -2.06.